The lowest BCUT2D eigenvalue weighted by atomic mass is 10.2. The van der Waals surface area contributed by atoms with Crippen LogP contribution in [0.1, 0.15) is 25.8 Å². The third-order valence-corrected chi connectivity index (χ3v) is 2.15. The summed E-state index contributed by atoms with van der Waals surface area (Å²) in [4.78, 5) is 0. The second kappa shape index (κ2) is 4.17. The molecule has 0 amide bonds. The molecule has 0 fully saturated rings. The molecular formula is C11H17NO. The highest BCUT2D eigenvalue weighted by Crippen LogP contribution is 2.19. The van der Waals surface area contributed by atoms with Gasteiger partial charge in [-0.25, -0.2) is 0 Å². The van der Waals surface area contributed by atoms with Gasteiger partial charge < -0.3 is 10.5 Å². The van der Waals surface area contributed by atoms with Crippen molar-refractivity contribution in [2.75, 3.05) is 5.73 Å². The Morgan fingerprint density at radius 3 is 2.69 bits per heavy atom. The van der Waals surface area contributed by atoms with Gasteiger partial charge in [-0.2, -0.15) is 0 Å². The molecule has 0 aromatic heterocycles. The quantitative estimate of drug-likeness (QED) is 0.724. The lowest BCUT2D eigenvalue weighted by molar-refractivity contribution is 0.217. The normalized spacial score (nSPS) is 12.5. The van der Waals surface area contributed by atoms with Crippen LogP contribution >= 0.6 is 0 Å². The van der Waals surface area contributed by atoms with Crippen molar-refractivity contribution in [3.05, 3.63) is 23.8 Å². The van der Waals surface area contributed by atoms with Gasteiger partial charge in [-0.1, -0.05) is 6.92 Å². The van der Waals surface area contributed by atoms with Gasteiger partial charge in [-0.3, -0.25) is 0 Å². The van der Waals surface area contributed by atoms with Crippen molar-refractivity contribution in [2.24, 2.45) is 0 Å². The zero-order valence-corrected chi connectivity index (χ0v) is 8.50. The van der Waals surface area contributed by atoms with E-state index in [4.69, 9.17) is 10.5 Å². The molecule has 1 atom stereocenters. The molecule has 0 spiro atoms. The van der Waals surface area contributed by atoms with E-state index in [1.54, 1.807) is 0 Å². The Labute approximate surface area is 79.7 Å². The fraction of sp³-hybridized carbons (Fsp3) is 0.455. The molecule has 0 saturated heterocycles. The molecule has 72 valence electrons. The summed E-state index contributed by atoms with van der Waals surface area (Å²) >= 11 is 0. The Balaban J connectivity index is 2.73. The topological polar surface area (TPSA) is 35.2 Å². The summed E-state index contributed by atoms with van der Waals surface area (Å²) in [6, 6.07) is 5.77. The van der Waals surface area contributed by atoms with Crippen molar-refractivity contribution in [3.63, 3.8) is 0 Å². The Kier molecular flexibility index (Phi) is 3.18. The predicted octanol–water partition coefficient (Wildman–Crippen LogP) is 2.75. The highest BCUT2D eigenvalue weighted by molar-refractivity contribution is 5.49. The number of hydrogen-bond acceptors (Lipinski definition) is 2. The largest absolute Gasteiger partial charge is 0.491 e. The van der Waals surface area contributed by atoms with E-state index < -0.39 is 0 Å². The number of rotatable bonds is 3. The van der Waals surface area contributed by atoms with Gasteiger partial charge in [0.2, 0.25) is 0 Å². The first-order valence-corrected chi connectivity index (χ1v) is 4.66. The van der Waals surface area contributed by atoms with E-state index in [2.05, 4.69) is 13.8 Å². The molecule has 1 aromatic rings. The van der Waals surface area contributed by atoms with Crippen LogP contribution in [0.15, 0.2) is 18.2 Å². The summed E-state index contributed by atoms with van der Waals surface area (Å²) in [5.41, 5.74) is 7.58. The first kappa shape index (κ1) is 9.90. The molecule has 2 nitrogen and oxygen atoms in total. The standard InChI is InChI=1S/C11H17NO/c1-4-9(3)13-10-5-6-11(12)8(2)7-10/h5-7,9H,4,12H2,1-3H3. The van der Waals surface area contributed by atoms with Gasteiger partial charge in [-0.05, 0) is 44.0 Å². The molecule has 0 aliphatic rings. The van der Waals surface area contributed by atoms with Crippen LogP contribution < -0.4 is 10.5 Å². The Morgan fingerprint density at radius 2 is 2.15 bits per heavy atom. The lowest BCUT2D eigenvalue weighted by Crippen LogP contribution is -2.09. The molecule has 2 N–H and O–H groups in total. The van der Waals surface area contributed by atoms with E-state index in [1.165, 1.54) is 0 Å². The predicted molar refractivity (Wildman–Crippen MR) is 56.0 cm³/mol. The lowest BCUT2D eigenvalue weighted by Gasteiger charge is -2.13. The smallest absolute Gasteiger partial charge is 0.120 e. The molecule has 2 heteroatoms. The van der Waals surface area contributed by atoms with Crippen molar-refractivity contribution in [3.8, 4) is 5.75 Å². The monoisotopic (exact) mass is 179 g/mol. The van der Waals surface area contributed by atoms with Gasteiger partial charge in [0.15, 0.2) is 0 Å². The zero-order valence-electron chi connectivity index (χ0n) is 8.50. The summed E-state index contributed by atoms with van der Waals surface area (Å²) in [6.45, 7) is 6.15. The third-order valence-electron chi connectivity index (χ3n) is 2.15. The van der Waals surface area contributed by atoms with E-state index in [1.807, 2.05) is 25.1 Å². The van der Waals surface area contributed by atoms with Crippen LogP contribution in [-0.4, -0.2) is 6.10 Å². The highest BCUT2D eigenvalue weighted by atomic mass is 16.5. The van der Waals surface area contributed by atoms with Crippen LogP contribution in [0.4, 0.5) is 5.69 Å². The third kappa shape index (κ3) is 2.65. The second-order valence-corrected chi connectivity index (χ2v) is 3.36. The number of nitrogen functional groups attached to an aromatic ring is 1. The Hall–Kier alpha value is -1.18. The van der Waals surface area contributed by atoms with Crippen LogP contribution in [-0.2, 0) is 0 Å². The second-order valence-electron chi connectivity index (χ2n) is 3.36. The average Bonchev–Trinajstić information content (AvgIpc) is 2.11. The average molecular weight is 179 g/mol. The molecule has 13 heavy (non-hydrogen) atoms. The van der Waals surface area contributed by atoms with Crippen LogP contribution in [0.2, 0.25) is 0 Å². The molecule has 1 unspecified atom stereocenters. The van der Waals surface area contributed by atoms with E-state index in [9.17, 15) is 0 Å². The van der Waals surface area contributed by atoms with Gasteiger partial charge in [0.1, 0.15) is 5.75 Å². The molecule has 1 aromatic carbocycles. The number of ether oxygens (including phenoxy) is 1. The van der Waals surface area contributed by atoms with Crippen molar-refractivity contribution >= 4 is 5.69 Å². The van der Waals surface area contributed by atoms with Gasteiger partial charge in [0.25, 0.3) is 0 Å². The van der Waals surface area contributed by atoms with Crippen LogP contribution in [0.5, 0.6) is 5.75 Å². The summed E-state index contributed by atoms with van der Waals surface area (Å²) < 4.78 is 5.64. The van der Waals surface area contributed by atoms with E-state index in [0.717, 1.165) is 23.4 Å². The maximum Gasteiger partial charge on any atom is 0.120 e. The van der Waals surface area contributed by atoms with Crippen LogP contribution in [0.3, 0.4) is 0 Å². The minimum absolute atomic E-state index is 0.267. The number of aryl methyl sites for hydroxylation is 1. The fourth-order valence-electron chi connectivity index (χ4n) is 1.04. The minimum Gasteiger partial charge on any atom is -0.491 e. The summed E-state index contributed by atoms with van der Waals surface area (Å²) in [5.74, 6) is 0.904. The van der Waals surface area contributed by atoms with Crippen molar-refractivity contribution in [1.29, 1.82) is 0 Å². The summed E-state index contributed by atoms with van der Waals surface area (Å²) in [6.07, 6.45) is 1.28. The Morgan fingerprint density at radius 1 is 1.46 bits per heavy atom. The first-order chi connectivity index (χ1) is 6.13. The number of hydrogen-bond donors (Lipinski definition) is 1. The molecule has 0 radical (unpaired) electrons. The van der Waals surface area contributed by atoms with E-state index >= 15 is 0 Å². The van der Waals surface area contributed by atoms with Crippen molar-refractivity contribution in [2.45, 2.75) is 33.3 Å². The van der Waals surface area contributed by atoms with Gasteiger partial charge >= 0.3 is 0 Å². The molecular weight excluding hydrogens is 162 g/mol. The number of benzene rings is 1. The van der Waals surface area contributed by atoms with Crippen molar-refractivity contribution in [1.82, 2.24) is 0 Å². The maximum absolute atomic E-state index is 5.70. The number of nitrogens with two attached hydrogens (primary N) is 1. The molecule has 1 rings (SSSR count). The van der Waals surface area contributed by atoms with Gasteiger partial charge in [-0.15, -0.1) is 0 Å². The molecule has 0 bridgehead atoms. The molecule has 0 aliphatic heterocycles. The summed E-state index contributed by atoms with van der Waals surface area (Å²) in [5, 5.41) is 0. The van der Waals surface area contributed by atoms with E-state index in [0.29, 0.717) is 0 Å². The minimum atomic E-state index is 0.267. The van der Waals surface area contributed by atoms with E-state index in [-0.39, 0.29) is 6.10 Å². The van der Waals surface area contributed by atoms with Crippen LogP contribution in [0.25, 0.3) is 0 Å². The highest BCUT2D eigenvalue weighted by Gasteiger charge is 2.01. The SMILES string of the molecule is CCC(C)Oc1ccc(N)c(C)c1. The Bertz CT molecular complexity index is 283. The van der Waals surface area contributed by atoms with Gasteiger partial charge in [0, 0.05) is 5.69 Å². The fourth-order valence-corrected chi connectivity index (χ4v) is 1.04. The first-order valence-electron chi connectivity index (χ1n) is 4.66. The van der Waals surface area contributed by atoms with Crippen LogP contribution in [0, 0.1) is 6.92 Å². The number of anilines is 1. The van der Waals surface area contributed by atoms with Gasteiger partial charge in [0.05, 0.1) is 6.10 Å². The molecule has 0 aliphatic carbocycles. The van der Waals surface area contributed by atoms with Crippen molar-refractivity contribution < 1.29 is 4.74 Å². The molecule has 0 saturated carbocycles. The summed E-state index contributed by atoms with van der Waals surface area (Å²) in [7, 11) is 0. The maximum atomic E-state index is 5.70. The molecule has 0 heterocycles. The zero-order chi connectivity index (χ0) is 9.84.